The van der Waals surface area contributed by atoms with Crippen LogP contribution >= 0.6 is 23.2 Å². The Hall–Kier alpha value is -4.58. The summed E-state index contributed by atoms with van der Waals surface area (Å²) >= 11 is 13.6. The Balaban J connectivity index is 1.51. The molecule has 2 aromatic heterocycles. The monoisotopic (exact) mass is 876 g/mol. The van der Waals surface area contributed by atoms with Gasteiger partial charge < -0.3 is 28.4 Å². The molecule has 1 amide bonds. The fourth-order valence-corrected chi connectivity index (χ4v) is 8.89. The summed E-state index contributed by atoms with van der Waals surface area (Å²) in [7, 11) is 3.71. The Labute approximate surface area is 368 Å². The smallest absolute Gasteiger partial charge is 0.410 e. The van der Waals surface area contributed by atoms with Gasteiger partial charge in [0.15, 0.2) is 0 Å². The number of aromatic nitrogens is 3. The van der Waals surface area contributed by atoms with Gasteiger partial charge in [0.25, 0.3) is 0 Å². The van der Waals surface area contributed by atoms with E-state index < -0.39 is 23.7 Å². The van der Waals surface area contributed by atoms with Crippen molar-refractivity contribution in [3.8, 4) is 16.9 Å². The number of alkyl halides is 1. The maximum absolute atomic E-state index is 14.2. The molecule has 0 N–H and O–H groups in total. The number of halogens is 3. The topological polar surface area (TPSA) is 97.1 Å². The molecule has 61 heavy (non-hydrogen) atoms. The number of allylic oxidation sites excluding steroid dienone is 2. The second-order valence-corrected chi connectivity index (χ2v) is 17.3. The van der Waals surface area contributed by atoms with Crippen molar-refractivity contribution in [1.82, 2.24) is 19.2 Å². The van der Waals surface area contributed by atoms with Gasteiger partial charge in [0.2, 0.25) is 0 Å². The molecule has 328 valence electrons. The lowest BCUT2D eigenvalue weighted by atomic mass is 9.89. The molecule has 1 saturated heterocycles. The minimum absolute atomic E-state index is 0.189. The van der Waals surface area contributed by atoms with Crippen molar-refractivity contribution in [2.24, 2.45) is 13.0 Å². The first-order valence-corrected chi connectivity index (χ1v) is 22.3. The van der Waals surface area contributed by atoms with Crippen molar-refractivity contribution in [3.05, 3.63) is 94.2 Å². The minimum Gasteiger partial charge on any atom is -0.493 e. The zero-order valence-electron chi connectivity index (χ0n) is 36.5. The van der Waals surface area contributed by atoms with Crippen LogP contribution in [-0.4, -0.2) is 76.3 Å². The van der Waals surface area contributed by atoms with E-state index in [1.165, 1.54) is 12.1 Å². The number of hydrogen-bond donors (Lipinski definition) is 0. The first-order valence-electron chi connectivity index (χ1n) is 21.4. The maximum Gasteiger partial charge on any atom is 0.410 e. The molecule has 1 aliphatic rings. The molecule has 10 nitrogen and oxygen atoms in total. The Morgan fingerprint density at radius 2 is 1.82 bits per heavy atom. The Kier molecular flexibility index (Phi) is 15.5. The molecule has 0 aliphatic carbocycles. The third-order valence-corrected chi connectivity index (χ3v) is 11.8. The summed E-state index contributed by atoms with van der Waals surface area (Å²) in [5.74, 6) is 0.641. The number of rotatable bonds is 17. The number of nitrogens with zero attached hydrogens (tertiary/aromatic N) is 4. The molecular formula is C48H59Cl2FN4O6. The zero-order chi connectivity index (χ0) is 43.8. The highest BCUT2D eigenvalue weighted by Gasteiger charge is 2.35. The summed E-state index contributed by atoms with van der Waals surface area (Å²) < 4.78 is 41.6. The number of amides is 1. The van der Waals surface area contributed by atoms with E-state index in [-0.39, 0.29) is 12.4 Å². The second-order valence-electron chi connectivity index (χ2n) is 16.6. The molecule has 0 saturated carbocycles. The maximum atomic E-state index is 14.2. The van der Waals surface area contributed by atoms with E-state index in [0.717, 1.165) is 76.5 Å². The van der Waals surface area contributed by atoms with Crippen LogP contribution in [0.4, 0.5) is 9.18 Å². The van der Waals surface area contributed by atoms with Gasteiger partial charge in [0.1, 0.15) is 22.9 Å². The predicted molar refractivity (Wildman–Crippen MR) is 242 cm³/mol. The molecule has 1 aliphatic heterocycles. The number of carbonyl (C=O) groups excluding carboxylic acids is 2. The normalized spacial score (nSPS) is 14.3. The second kappa shape index (κ2) is 20.5. The van der Waals surface area contributed by atoms with Crippen molar-refractivity contribution in [2.75, 3.05) is 39.4 Å². The van der Waals surface area contributed by atoms with Gasteiger partial charge >= 0.3 is 12.1 Å². The third-order valence-electron chi connectivity index (χ3n) is 11.4. The molecule has 13 heteroatoms. The van der Waals surface area contributed by atoms with Crippen LogP contribution in [0.25, 0.3) is 32.8 Å². The molecule has 0 bridgehead atoms. The standard InChI is InChI=1S/C48H59Cl2FN4O6/c1-8-38-42(43(52-54(38)7)39(22-17-31-23-28-58-29-24-31)53(6)47(57)61-48(3,4)5)41-37(50)21-20-36-35(45(46(56)59-9-2)55(44(36)41)26-11-10-25-49)15-13-27-60-40-16-12-14-32-30-33(51)18-19-34(32)40/h10-12,14,16,18-21,30-31,39H,8-9,13,15,17,22-29H2,1-7H3/b11-10+. The van der Waals surface area contributed by atoms with E-state index in [0.29, 0.717) is 72.8 Å². The highest BCUT2D eigenvalue weighted by atomic mass is 35.5. The summed E-state index contributed by atoms with van der Waals surface area (Å²) in [6.45, 7) is 11.8. The van der Waals surface area contributed by atoms with Crippen LogP contribution in [-0.2, 0) is 40.6 Å². The molecule has 1 atom stereocenters. The molecule has 1 fully saturated rings. The number of carbonyl (C=O) groups is 2. The molecule has 6 rings (SSSR count). The lowest BCUT2D eigenvalue weighted by molar-refractivity contribution is 0.0187. The van der Waals surface area contributed by atoms with Gasteiger partial charge in [-0.05, 0) is 120 Å². The van der Waals surface area contributed by atoms with Crippen LogP contribution < -0.4 is 4.74 Å². The first-order chi connectivity index (χ1) is 29.3. The Morgan fingerprint density at radius 3 is 2.52 bits per heavy atom. The summed E-state index contributed by atoms with van der Waals surface area (Å²) in [5.41, 5.74) is 4.47. The molecular weight excluding hydrogens is 818 g/mol. The summed E-state index contributed by atoms with van der Waals surface area (Å²) in [4.78, 5) is 29.8. The van der Waals surface area contributed by atoms with Gasteiger partial charge in [0, 0.05) is 67.3 Å². The fraction of sp³-hybridized carbons (Fsp3) is 0.479. The van der Waals surface area contributed by atoms with Gasteiger partial charge in [0.05, 0.1) is 35.5 Å². The van der Waals surface area contributed by atoms with E-state index in [9.17, 15) is 14.0 Å². The van der Waals surface area contributed by atoms with Crippen LogP contribution in [0.15, 0.2) is 60.7 Å². The first kappa shape index (κ1) is 45.9. The number of hydrogen-bond acceptors (Lipinski definition) is 7. The SMILES string of the molecule is CCOC(=O)c1c(CCCOc2cccc3cc(F)ccc23)c2ccc(Cl)c(-c3c(C(CCC4CCOCC4)N(C)C(=O)OC(C)(C)C)nn(C)c3CC)c2n1C/C=C/CCl. The predicted octanol–water partition coefficient (Wildman–Crippen LogP) is 11.6. The summed E-state index contributed by atoms with van der Waals surface area (Å²) in [6.07, 6.45) is 8.44. The van der Waals surface area contributed by atoms with E-state index in [1.54, 1.807) is 24.9 Å². The van der Waals surface area contributed by atoms with Crippen molar-refractivity contribution in [3.63, 3.8) is 0 Å². The van der Waals surface area contributed by atoms with E-state index in [1.807, 2.05) is 79.6 Å². The quantitative estimate of drug-likeness (QED) is 0.0397. The summed E-state index contributed by atoms with van der Waals surface area (Å²) in [5, 5.41) is 8.10. The zero-order valence-corrected chi connectivity index (χ0v) is 38.0. The van der Waals surface area contributed by atoms with Gasteiger partial charge in [-0.25, -0.2) is 14.0 Å². The van der Waals surface area contributed by atoms with Gasteiger partial charge in [-0.1, -0.05) is 48.9 Å². The Bertz CT molecular complexity index is 2360. The molecule has 3 heterocycles. The van der Waals surface area contributed by atoms with Crippen molar-refractivity contribution in [2.45, 2.75) is 97.8 Å². The minimum atomic E-state index is -0.705. The van der Waals surface area contributed by atoms with Crippen LogP contribution in [0.2, 0.25) is 5.02 Å². The average molecular weight is 878 g/mol. The number of aryl methyl sites for hydroxylation is 2. The number of esters is 1. The Morgan fingerprint density at radius 1 is 1.07 bits per heavy atom. The molecule has 0 radical (unpaired) electrons. The molecule has 3 aromatic carbocycles. The number of fused-ring (bicyclic) bond motifs is 2. The number of ether oxygens (including phenoxy) is 4. The largest absolute Gasteiger partial charge is 0.493 e. The van der Waals surface area contributed by atoms with E-state index >= 15 is 0 Å². The van der Waals surface area contributed by atoms with Crippen molar-refractivity contribution < 1.29 is 32.9 Å². The lowest BCUT2D eigenvalue weighted by Gasteiger charge is -2.32. The lowest BCUT2D eigenvalue weighted by Crippen LogP contribution is -2.37. The molecule has 1 unspecified atom stereocenters. The fourth-order valence-electron chi connectivity index (χ4n) is 8.52. The average Bonchev–Trinajstić information content (AvgIpc) is 3.72. The van der Waals surface area contributed by atoms with Crippen LogP contribution in [0.3, 0.4) is 0 Å². The highest BCUT2D eigenvalue weighted by Crippen LogP contribution is 2.46. The molecule has 5 aromatic rings. The number of benzene rings is 3. The van der Waals surface area contributed by atoms with Gasteiger partial charge in [-0.15, -0.1) is 11.6 Å². The van der Waals surface area contributed by atoms with E-state index in [2.05, 4.69) is 6.92 Å². The van der Waals surface area contributed by atoms with Crippen LogP contribution in [0.5, 0.6) is 5.75 Å². The van der Waals surface area contributed by atoms with E-state index in [4.69, 9.17) is 47.2 Å². The molecule has 0 spiro atoms. The van der Waals surface area contributed by atoms with Crippen molar-refractivity contribution in [1.29, 1.82) is 0 Å². The van der Waals surface area contributed by atoms with Crippen LogP contribution in [0.1, 0.15) is 100 Å². The van der Waals surface area contributed by atoms with Crippen LogP contribution in [0, 0.1) is 11.7 Å². The third kappa shape index (κ3) is 10.6. The summed E-state index contributed by atoms with van der Waals surface area (Å²) in [6, 6.07) is 13.6. The van der Waals surface area contributed by atoms with Gasteiger partial charge in [-0.2, -0.15) is 5.10 Å². The highest BCUT2D eigenvalue weighted by molar-refractivity contribution is 6.35. The van der Waals surface area contributed by atoms with Crippen molar-refractivity contribution >= 4 is 56.9 Å². The van der Waals surface area contributed by atoms with Gasteiger partial charge in [-0.3, -0.25) is 4.68 Å².